The maximum atomic E-state index is 13.4. The van der Waals surface area contributed by atoms with Gasteiger partial charge in [-0.3, -0.25) is 4.79 Å². The molecule has 1 aliphatic carbocycles. The summed E-state index contributed by atoms with van der Waals surface area (Å²) in [5.74, 6) is -1.03. The number of carbonyl (C=O) groups excluding carboxylic acids is 1. The Balaban J connectivity index is 1.80. The second-order valence-electron chi connectivity index (χ2n) is 11.3. The molecule has 0 aromatic heterocycles. The highest BCUT2D eigenvalue weighted by molar-refractivity contribution is 6.08. The Bertz CT molecular complexity index is 1330. The number of carbonyl (C=O) groups is 2. The second-order valence-corrected chi connectivity index (χ2v) is 11.3. The number of nitrogens with zero attached hydrogens (tertiary/aromatic N) is 1. The molecule has 0 bridgehead atoms. The van der Waals surface area contributed by atoms with E-state index in [4.69, 9.17) is 5.11 Å². The Hall–Kier alpha value is -3.66. The highest BCUT2D eigenvalue weighted by Crippen LogP contribution is 2.50. The fourth-order valence-corrected chi connectivity index (χ4v) is 5.10. The Morgan fingerprint density at radius 2 is 1.44 bits per heavy atom. The van der Waals surface area contributed by atoms with Crippen LogP contribution in [0.1, 0.15) is 77.9 Å². The lowest BCUT2D eigenvalue weighted by Crippen LogP contribution is -2.34. The number of benzene rings is 3. The van der Waals surface area contributed by atoms with E-state index in [1.54, 1.807) is 36.4 Å². The third kappa shape index (κ3) is 4.99. The van der Waals surface area contributed by atoms with Gasteiger partial charge < -0.3 is 10.0 Å². The number of carboxylic acids is 1. The van der Waals surface area contributed by atoms with Crippen molar-refractivity contribution in [1.29, 1.82) is 0 Å². The summed E-state index contributed by atoms with van der Waals surface area (Å²) in [6.07, 6.45) is 5.48. The van der Waals surface area contributed by atoms with E-state index in [-0.39, 0.29) is 22.2 Å². The fourth-order valence-electron chi connectivity index (χ4n) is 5.10. The zero-order valence-corrected chi connectivity index (χ0v) is 22.1. The summed E-state index contributed by atoms with van der Waals surface area (Å²) >= 11 is 0. The van der Waals surface area contributed by atoms with Crippen LogP contribution in [0.15, 0.2) is 66.7 Å². The topological polar surface area (TPSA) is 57.6 Å². The molecule has 4 heteroatoms. The molecule has 0 atom stereocenters. The molecule has 4 nitrogen and oxygen atoms in total. The molecule has 1 aliphatic rings. The van der Waals surface area contributed by atoms with Crippen molar-refractivity contribution in [3.63, 3.8) is 0 Å². The first-order valence-corrected chi connectivity index (χ1v) is 12.4. The van der Waals surface area contributed by atoms with E-state index >= 15 is 0 Å². The molecular weight excluding hydrogens is 446 g/mol. The van der Waals surface area contributed by atoms with Crippen LogP contribution in [0.5, 0.6) is 0 Å². The van der Waals surface area contributed by atoms with E-state index < -0.39 is 5.97 Å². The van der Waals surface area contributed by atoms with Crippen molar-refractivity contribution in [3.8, 4) is 11.1 Å². The summed E-state index contributed by atoms with van der Waals surface area (Å²) in [7, 11) is 4.06. The van der Waals surface area contributed by atoms with Gasteiger partial charge in [0.25, 0.3) is 0 Å². The Labute approximate surface area is 214 Å². The van der Waals surface area contributed by atoms with Gasteiger partial charge in [-0.05, 0) is 94.0 Å². The first-order chi connectivity index (χ1) is 16.9. The normalized spacial score (nSPS) is 15.9. The van der Waals surface area contributed by atoms with Gasteiger partial charge in [-0.2, -0.15) is 0 Å². The van der Waals surface area contributed by atoms with Crippen molar-refractivity contribution in [2.75, 3.05) is 19.0 Å². The number of rotatable bonds is 6. The number of anilines is 1. The van der Waals surface area contributed by atoms with Crippen LogP contribution in [-0.4, -0.2) is 31.0 Å². The zero-order chi connectivity index (χ0) is 26.3. The van der Waals surface area contributed by atoms with Crippen molar-refractivity contribution in [1.82, 2.24) is 0 Å². The van der Waals surface area contributed by atoms with Gasteiger partial charge in [0.1, 0.15) is 0 Å². The highest BCUT2D eigenvalue weighted by Gasteiger charge is 2.39. The number of carboxylic acid groups (broad SMARTS) is 1. The average Bonchev–Trinajstić information content (AvgIpc) is 2.85. The minimum absolute atomic E-state index is 0.00368. The van der Waals surface area contributed by atoms with E-state index in [0.717, 1.165) is 35.2 Å². The van der Waals surface area contributed by atoms with E-state index in [2.05, 4.69) is 62.9 Å². The lowest BCUT2D eigenvalue weighted by Gasteiger charge is -2.43. The third-order valence-corrected chi connectivity index (χ3v) is 7.48. The standard InChI is InChI=1S/C32H35NO3/c1-31(2)17-18-32(3,4)29-26(22-12-14-25(15-13-22)33(5)6)19-24(20-27(29)31)28(34)16-9-21-7-10-23(11-8-21)30(35)36/h7-16,19-20H,17-18H2,1-6H3,(H,35,36)/b16-9+. The van der Waals surface area contributed by atoms with E-state index in [1.165, 1.54) is 11.1 Å². The third-order valence-electron chi connectivity index (χ3n) is 7.48. The SMILES string of the molecule is CN(C)c1ccc(-c2cc(C(=O)/C=C/c3ccc(C(=O)O)cc3)cc3c2C(C)(C)CCC3(C)C)cc1. The van der Waals surface area contributed by atoms with Gasteiger partial charge >= 0.3 is 5.97 Å². The predicted molar refractivity (Wildman–Crippen MR) is 148 cm³/mol. The van der Waals surface area contributed by atoms with E-state index in [9.17, 15) is 9.59 Å². The van der Waals surface area contributed by atoms with Crippen molar-refractivity contribution in [2.45, 2.75) is 51.4 Å². The first-order valence-electron chi connectivity index (χ1n) is 12.4. The Kier molecular flexibility index (Phi) is 6.66. The lowest BCUT2D eigenvalue weighted by molar-refractivity contribution is 0.0696. The first kappa shape index (κ1) is 25.4. The minimum atomic E-state index is -0.965. The van der Waals surface area contributed by atoms with Crippen LogP contribution in [0, 0.1) is 0 Å². The summed E-state index contributed by atoms with van der Waals surface area (Å²) in [5, 5.41) is 9.11. The van der Waals surface area contributed by atoms with Gasteiger partial charge in [-0.15, -0.1) is 0 Å². The number of aromatic carboxylic acids is 1. The molecule has 1 N–H and O–H groups in total. The molecule has 4 rings (SSSR count). The monoisotopic (exact) mass is 481 g/mol. The number of fused-ring (bicyclic) bond motifs is 1. The lowest BCUT2D eigenvalue weighted by atomic mass is 9.61. The molecular formula is C32H35NO3. The molecule has 0 radical (unpaired) electrons. The second kappa shape index (κ2) is 9.42. The van der Waals surface area contributed by atoms with Crippen molar-refractivity contribution in [2.24, 2.45) is 0 Å². The maximum Gasteiger partial charge on any atom is 0.335 e. The molecule has 0 amide bonds. The average molecular weight is 482 g/mol. The van der Waals surface area contributed by atoms with Crippen molar-refractivity contribution >= 4 is 23.5 Å². The van der Waals surface area contributed by atoms with Gasteiger partial charge in [-0.25, -0.2) is 4.79 Å². The number of hydrogen-bond donors (Lipinski definition) is 1. The maximum absolute atomic E-state index is 13.4. The van der Waals surface area contributed by atoms with Crippen molar-refractivity contribution < 1.29 is 14.7 Å². The molecule has 0 unspecified atom stereocenters. The van der Waals surface area contributed by atoms with Gasteiger partial charge in [0.15, 0.2) is 5.78 Å². The van der Waals surface area contributed by atoms with Gasteiger partial charge in [0.05, 0.1) is 5.56 Å². The van der Waals surface area contributed by atoms with Crippen LogP contribution in [0.4, 0.5) is 5.69 Å². The van der Waals surface area contributed by atoms with Gasteiger partial charge in [0, 0.05) is 25.3 Å². The molecule has 0 fully saturated rings. The smallest absolute Gasteiger partial charge is 0.335 e. The number of hydrogen-bond acceptors (Lipinski definition) is 3. The summed E-state index contributed by atoms with van der Waals surface area (Å²) in [6.45, 7) is 9.16. The molecule has 36 heavy (non-hydrogen) atoms. The molecule has 3 aromatic rings. The molecule has 0 saturated heterocycles. The van der Waals surface area contributed by atoms with Crippen LogP contribution in [0.25, 0.3) is 17.2 Å². The number of allylic oxidation sites excluding steroid dienone is 1. The molecule has 0 spiro atoms. The largest absolute Gasteiger partial charge is 0.478 e. The van der Waals surface area contributed by atoms with Gasteiger partial charge in [-0.1, -0.05) is 58.0 Å². The predicted octanol–water partition coefficient (Wildman–Crippen LogP) is 7.36. The molecule has 0 heterocycles. The van der Waals surface area contributed by atoms with Crippen LogP contribution in [-0.2, 0) is 10.8 Å². The molecule has 0 aliphatic heterocycles. The Morgan fingerprint density at radius 3 is 2.03 bits per heavy atom. The van der Waals surface area contributed by atoms with Crippen LogP contribution in [0.3, 0.4) is 0 Å². The summed E-state index contributed by atoms with van der Waals surface area (Å²) in [5.41, 5.74) is 7.61. The number of ketones is 1. The van der Waals surface area contributed by atoms with Crippen LogP contribution < -0.4 is 4.90 Å². The molecule has 0 saturated carbocycles. The van der Waals surface area contributed by atoms with Gasteiger partial charge in [0.2, 0.25) is 0 Å². The summed E-state index contributed by atoms with van der Waals surface area (Å²) < 4.78 is 0. The minimum Gasteiger partial charge on any atom is -0.478 e. The van der Waals surface area contributed by atoms with E-state index in [0.29, 0.717) is 5.56 Å². The van der Waals surface area contributed by atoms with Crippen LogP contribution >= 0.6 is 0 Å². The summed E-state index contributed by atoms with van der Waals surface area (Å²) in [6, 6.07) is 19.2. The zero-order valence-electron chi connectivity index (χ0n) is 22.1. The molecule has 3 aromatic carbocycles. The van der Waals surface area contributed by atoms with E-state index in [1.807, 2.05) is 20.2 Å². The quantitative estimate of drug-likeness (QED) is 0.295. The Morgan fingerprint density at radius 1 is 0.833 bits per heavy atom. The van der Waals surface area contributed by atoms with Crippen molar-refractivity contribution in [3.05, 3.63) is 94.6 Å². The van der Waals surface area contributed by atoms with Crippen LogP contribution in [0.2, 0.25) is 0 Å². The summed E-state index contributed by atoms with van der Waals surface area (Å²) in [4.78, 5) is 26.6. The highest BCUT2D eigenvalue weighted by atomic mass is 16.4. The fraction of sp³-hybridized carbons (Fsp3) is 0.312. The molecule has 186 valence electrons.